The smallest absolute Gasteiger partial charge is 0.322 e. The highest BCUT2D eigenvalue weighted by atomic mass is 19.4. The molecule has 2 aromatic heterocycles. The number of amides is 1. The number of carbonyl (C=O) groups excluding carboxylic acids is 1. The third-order valence-corrected chi connectivity index (χ3v) is 7.08. The number of benzene rings is 2. The van der Waals surface area contributed by atoms with Crippen LogP contribution in [0.25, 0.3) is 5.65 Å². The van der Waals surface area contributed by atoms with Gasteiger partial charge in [-0.3, -0.25) is 9.69 Å². The average Bonchev–Trinajstić information content (AvgIpc) is 3.41. The van der Waals surface area contributed by atoms with E-state index >= 15 is 0 Å². The number of aromatic nitrogens is 3. The first-order chi connectivity index (χ1) is 20.2. The monoisotopic (exact) mass is 576 g/mol. The van der Waals surface area contributed by atoms with Crippen molar-refractivity contribution >= 4 is 17.2 Å². The first-order valence-electron chi connectivity index (χ1n) is 14.1. The molecule has 0 saturated carbocycles. The Morgan fingerprint density at radius 1 is 1.00 bits per heavy atom. The summed E-state index contributed by atoms with van der Waals surface area (Å²) in [4.78, 5) is 21.6. The molecule has 5 rings (SSSR count). The molecule has 1 aliphatic rings. The molecule has 1 aliphatic heterocycles. The van der Waals surface area contributed by atoms with Crippen molar-refractivity contribution in [2.45, 2.75) is 40.4 Å². The third kappa shape index (κ3) is 7.35. The van der Waals surface area contributed by atoms with Gasteiger partial charge in [0.15, 0.2) is 5.65 Å². The Morgan fingerprint density at radius 2 is 1.74 bits per heavy atom. The summed E-state index contributed by atoms with van der Waals surface area (Å²) in [5, 5.41) is 6.86. The molecule has 0 atom stereocenters. The second-order valence-electron chi connectivity index (χ2n) is 9.75. The summed E-state index contributed by atoms with van der Waals surface area (Å²) in [6.07, 6.45) is -1.28. The van der Waals surface area contributed by atoms with Gasteiger partial charge in [-0.15, -0.1) is 0 Å². The Bertz CT molecular complexity index is 1590. The second-order valence-corrected chi connectivity index (χ2v) is 9.75. The molecule has 4 aromatic rings. The number of carbonyl (C=O) groups is 1. The number of fused-ring (bicyclic) bond motifs is 1. The van der Waals surface area contributed by atoms with Crippen LogP contribution in [-0.4, -0.2) is 63.0 Å². The number of alkyl halides is 3. The Morgan fingerprint density at radius 3 is 2.45 bits per heavy atom. The highest BCUT2D eigenvalue weighted by Gasteiger charge is 2.34. The van der Waals surface area contributed by atoms with Crippen molar-refractivity contribution in [3.8, 4) is 11.8 Å². The molecule has 0 bridgehead atoms. The van der Waals surface area contributed by atoms with E-state index in [1.165, 1.54) is 12.1 Å². The molecule has 0 spiro atoms. The molecule has 2 aromatic carbocycles. The topological polar surface area (TPSA) is 65.8 Å². The fraction of sp³-hybridized carbons (Fsp3) is 0.344. The van der Waals surface area contributed by atoms with Gasteiger partial charge in [-0.1, -0.05) is 38.8 Å². The van der Waals surface area contributed by atoms with Gasteiger partial charge in [0.05, 0.1) is 11.8 Å². The summed E-state index contributed by atoms with van der Waals surface area (Å²) >= 11 is 0. The summed E-state index contributed by atoms with van der Waals surface area (Å²) in [5.41, 5.74) is 2.57. The molecule has 3 heterocycles. The Kier molecular flexibility index (Phi) is 9.99. The molecule has 1 fully saturated rings. The fourth-order valence-corrected chi connectivity index (χ4v) is 4.71. The van der Waals surface area contributed by atoms with Crippen LogP contribution in [0, 0.1) is 18.8 Å². The van der Waals surface area contributed by atoms with E-state index in [1.807, 2.05) is 31.7 Å². The summed E-state index contributed by atoms with van der Waals surface area (Å²) in [6.45, 7) is 12.2. The van der Waals surface area contributed by atoms with Crippen molar-refractivity contribution in [2.75, 3.05) is 38.0 Å². The first-order valence-corrected chi connectivity index (χ1v) is 14.1. The quantitative estimate of drug-likeness (QED) is 0.301. The first kappa shape index (κ1) is 30.8. The lowest BCUT2D eigenvalue weighted by Crippen LogP contribution is -2.45. The van der Waals surface area contributed by atoms with Crippen molar-refractivity contribution < 1.29 is 18.0 Å². The zero-order valence-corrected chi connectivity index (χ0v) is 24.3. The Hall–Kier alpha value is -4.20. The van der Waals surface area contributed by atoms with Crippen LogP contribution in [0.4, 0.5) is 18.9 Å². The van der Waals surface area contributed by atoms with Crippen molar-refractivity contribution in [3.05, 3.63) is 94.4 Å². The lowest BCUT2D eigenvalue weighted by Gasteiger charge is -2.34. The van der Waals surface area contributed by atoms with Crippen LogP contribution in [0.2, 0.25) is 0 Å². The van der Waals surface area contributed by atoms with E-state index < -0.39 is 17.6 Å². The second kappa shape index (κ2) is 13.6. The minimum Gasteiger partial charge on any atom is -0.322 e. The van der Waals surface area contributed by atoms with Crippen LogP contribution in [0.15, 0.2) is 60.9 Å². The predicted molar refractivity (Wildman–Crippen MR) is 158 cm³/mol. The molecule has 0 aliphatic carbocycles. The molecule has 42 heavy (non-hydrogen) atoms. The van der Waals surface area contributed by atoms with Crippen LogP contribution in [-0.2, 0) is 12.7 Å². The molecular weight excluding hydrogens is 541 g/mol. The van der Waals surface area contributed by atoms with Gasteiger partial charge >= 0.3 is 6.18 Å². The normalized spacial score (nSPS) is 14.1. The summed E-state index contributed by atoms with van der Waals surface area (Å²) < 4.78 is 43.6. The standard InChI is InChI=1S/C30H29F3N6O.C2H6/c1-3-37-13-15-38(16-14-37)20-24-8-10-25(18-27(24)30(31,32)33)36-29(40)23-7-6-21(2)22(17-23)9-11-26-19-34-28-5-4-12-35-39(26)28;1-2/h4-8,10,12,17-19H,3,13-16,20H2,1-2H3,(H,36,40);1-2H3. The van der Waals surface area contributed by atoms with Gasteiger partial charge in [0.2, 0.25) is 0 Å². The number of hydrogen-bond donors (Lipinski definition) is 1. The van der Waals surface area contributed by atoms with Gasteiger partial charge in [-0.2, -0.15) is 18.3 Å². The fourth-order valence-electron chi connectivity index (χ4n) is 4.71. The van der Waals surface area contributed by atoms with E-state index in [2.05, 4.69) is 39.1 Å². The van der Waals surface area contributed by atoms with Crippen LogP contribution < -0.4 is 5.32 Å². The highest BCUT2D eigenvalue weighted by molar-refractivity contribution is 6.04. The summed E-state index contributed by atoms with van der Waals surface area (Å²) in [7, 11) is 0. The number of rotatable bonds is 5. The van der Waals surface area contributed by atoms with Gasteiger partial charge in [-0.25, -0.2) is 9.50 Å². The number of hydrogen-bond acceptors (Lipinski definition) is 5. The van der Waals surface area contributed by atoms with E-state index in [4.69, 9.17) is 0 Å². The van der Waals surface area contributed by atoms with Crippen LogP contribution in [0.3, 0.4) is 0 Å². The van der Waals surface area contributed by atoms with E-state index in [0.29, 0.717) is 16.9 Å². The molecular formula is C32H35F3N6O. The molecule has 0 radical (unpaired) electrons. The maximum Gasteiger partial charge on any atom is 0.416 e. The van der Waals surface area contributed by atoms with Crippen molar-refractivity contribution in [2.24, 2.45) is 0 Å². The number of imidazole rings is 1. The van der Waals surface area contributed by atoms with Gasteiger partial charge < -0.3 is 10.2 Å². The van der Waals surface area contributed by atoms with Crippen LogP contribution >= 0.6 is 0 Å². The largest absolute Gasteiger partial charge is 0.416 e. The molecule has 1 saturated heterocycles. The number of nitrogens with zero attached hydrogens (tertiary/aromatic N) is 5. The number of nitrogens with one attached hydrogen (secondary N) is 1. The van der Waals surface area contributed by atoms with Crippen molar-refractivity contribution in [3.63, 3.8) is 0 Å². The number of aryl methyl sites for hydroxylation is 1. The van der Waals surface area contributed by atoms with Crippen LogP contribution in [0.1, 0.15) is 59.1 Å². The average molecular weight is 577 g/mol. The Labute approximate surface area is 244 Å². The molecule has 10 heteroatoms. The maximum atomic E-state index is 14.0. The minimum absolute atomic E-state index is 0.0851. The SMILES string of the molecule is CC.CCN1CCN(Cc2ccc(NC(=O)c3ccc(C)c(C#Cc4cnc5cccnn45)c3)cc2C(F)(F)F)CC1. The van der Waals surface area contributed by atoms with E-state index in [1.54, 1.807) is 41.2 Å². The lowest BCUT2D eigenvalue weighted by molar-refractivity contribution is -0.138. The summed E-state index contributed by atoms with van der Waals surface area (Å²) in [5.74, 6) is 5.58. The molecule has 220 valence electrons. The van der Waals surface area contributed by atoms with E-state index in [0.717, 1.165) is 44.4 Å². The van der Waals surface area contributed by atoms with Gasteiger partial charge in [0.1, 0.15) is 5.69 Å². The third-order valence-electron chi connectivity index (χ3n) is 7.08. The van der Waals surface area contributed by atoms with E-state index in [9.17, 15) is 18.0 Å². The van der Waals surface area contributed by atoms with Crippen molar-refractivity contribution in [1.29, 1.82) is 0 Å². The highest BCUT2D eigenvalue weighted by Crippen LogP contribution is 2.34. The van der Waals surface area contributed by atoms with Gasteiger partial charge in [-0.05, 0) is 66.9 Å². The molecule has 1 N–H and O–H groups in total. The maximum absolute atomic E-state index is 14.0. The summed E-state index contributed by atoms with van der Waals surface area (Å²) in [6, 6.07) is 12.6. The van der Waals surface area contributed by atoms with Gasteiger partial charge in [0.25, 0.3) is 5.91 Å². The van der Waals surface area contributed by atoms with Crippen molar-refractivity contribution in [1.82, 2.24) is 24.4 Å². The number of halogens is 3. The number of piperazine rings is 1. The van der Waals surface area contributed by atoms with Gasteiger partial charge in [0, 0.05) is 55.7 Å². The molecule has 7 nitrogen and oxygen atoms in total. The zero-order chi connectivity index (χ0) is 30.3. The lowest BCUT2D eigenvalue weighted by atomic mass is 10.0. The number of anilines is 1. The minimum atomic E-state index is -4.54. The number of likely N-dealkylation sites (N-methyl/N-ethyl adjacent to an activating group) is 1. The zero-order valence-electron chi connectivity index (χ0n) is 24.3. The Balaban J connectivity index is 0.00000198. The van der Waals surface area contributed by atoms with E-state index in [-0.39, 0.29) is 23.4 Å². The molecule has 1 amide bonds. The van der Waals surface area contributed by atoms with Crippen LogP contribution in [0.5, 0.6) is 0 Å². The predicted octanol–water partition coefficient (Wildman–Crippen LogP) is 5.87. The molecule has 0 unspecified atom stereocenters.